The summed E-state index contributed by atoms with van der Waals surface area (Å²) in [6.45, 7) is 2.51. The average Bonchev–Trinajstić information content (AvgIpc) is 2.69. The van der Waals surface area contributed by atoms with Gasteiger partial charge in [-0.05, 0) is 37.5 Å². The molecule has 0 spiro atoms. The number of rotatable bonds is 2. The molecule has 28 heavy (non-hydrogen) atoms. The molecule has 1 amide bonds. The molecular weight excluding hydrogens is 374 g/mol. The molecule has 2 aliphatic heterocycles. The van der Waals surface area contributed by atoms with Gasteiger partial charge < -0.3 is 4.90 Å². The molecule has 0 saturated carbocycles. The lowest BCUT2D eigenvalue weighted by Crippen LogP contribution is -2.43. The van der Waals surface area contributed by atoms with Gasteiger partial charge in [-0.3, -0.25) is 4.79 Å². The number of nitrogens with zero attached hydrogens (tertiary/aromatic N) is 3. The lowest BCUT2D eigenvalue weighted by atomic mass is 10.0. The van der Waals surface area contributed by atoms with Crippen LogP contribution in [0.4, 0.5) is 5.69 Å². The molecule has 0 fully saturated rings. The van der Waals surface area contributed by atoms with Crippen molar-refractivity contribution in [2.24, 2.45) is 4.40 Å². The first-order valence-corrected chi connectivity index (χ1v) is 10.5. The number of benzene rings is 2. The van der Waals surface area contributed by atoms with Crippen LogP contribution in [-0.2, 0) is 21.4 Å². The molecule has 0 radical (unpaired) electrons. The third-order valence-electron chi connectivity index (χ3n) is 5.09. The highest BCUT2D eigenvalue weighted by Crippen LogP contribution is 2.30. The number of hydrogen-bond acceptors (Lipinski definition) is 3. The molecule has 0 bridgehead atoms. The van der Waals surface area contributed by atoms with E-state index in [9.17, 15) is 13.2 Å². The highest BCUT2D eigenvalue weighted by molar-refractivity contribution is 7.88. The molecule has 0 saturated heterocycles. The van der Waals surface area contributed by atoms with Crippen LogP contribution in [0.2, 0.25) is 0 Å². The van der Waals surface area contributed by atoms with Crippen LogP contribution in [0.1, 0.15) is 23.1 Å². The zero-order valence-electron chi connectivity index (χ0n) is 15.8. The van der Waals surface area contributed by atoms with E-state index in [1.807, 2.05) is 55.5 Å². The maximum Gasteiger partial charge on any atom is 0.345 e. The minimum atomic E-state index is -3.97. The van der Waals surface area contributed by atoms with Gasteiger partial charge in [0.2, 0.25) is 0 Å². The number of allylic oxidation sites excluding steroid dienone is 1. The van der Waals surface area contributed by atoms with Crippen molar-refractivity contribution in [2.75, 3.05) is 18.5 Å². The largest absolute Gasteiger partial charge is 0.345 e. The first-order chi connectivity index (χ1) is 13.4. The Labute approximate surface area is 165 Å². The summed E-state index contributed by atoms with van der Waals surface area (Å²) in [5.74, 6) is -0.335. The molecule has 2 heterocycles. The Hall–Kier alpha value is -2.93. The van der Waals surface area contributed by atoms with E-state index in [1.165, 1.54) is 7.05 Å². The van der Waals surface area contributed by atoms with Gasteiger partial charge in [-0.15, -0.1) is 4.40 Å². The summed E-state index contributed by atoms with van der Waals surface area (Å²) < 4.78 is 30.1. The van der Waals surface area contributed by atoms with Crippen molar-refractivity contribution < 1.29 is 13.2 Å². The zero-order chi connectivity index (χ0) is 19.9. The highest BCUT2D eigenvalue weighted by Gasteiger charge is 2.34. The third kappa shape index (κ3) is 3.22. The number of carbonyl (C=O) groups excluding carboxylic acids is 1. The molecule has 2 aromatic rings. The molecule has 0 unspecified atom stereocenters. The summed E-state index contributed by atoms with van der Waals surface area (Å²) in [5, 5.41) is 0. The summed E-state index contributed by atoms with van der Waals surface area (Å²) >= 11 is 0. The van der Waals surface area contributed by atoms with Gasteiger partial charge >= 0.3 is 10.2 Å². The zero-order valence-corrected chi connectivity index (χ0v) is 16.6. The van der Waals surface area contributed by atoms with E-state index >= 15 is 0 Å². The van der Waals surface area contributed by atoms with Crippen molar-refractivity contribution in [3.05, 3.63) is 77.0 Å². The van der Waals surface area contributed by atoms with Gasteiger partial charge in [-0.2, -0.15) is 8.42 Å². The molecule has 0 atom stereocenters. The Kier molecular flexibility index (Phi) is 4.55. The monoisotopic (exact) mass is 395 g/mol. The topological polar surface area (TPSA) is 70.0 Å². The Bertz CT molecular complexity index is 1100. The summed E-state index contributed by atoms with van der Waals surface area (Å²) in [6, 6.07) is 15.1. The number of aryl methyl sites for hydroxylation is 2. The number of amides is 1. The maximum atomic E-state index is 13.3. The van der Waals surface area contributed by atoms with Gasteiger partial charge in [0.1, 0.15) is 5.70 Å². The predicted molar refractivity (Wildman–Crippen MR) is 110 cm³/mol. The SMILES string of the molecule is Cc1ccc(C2=NS(=O)(=O)N(C)C(C(=O)N3CCCc4ccccc43)=C2)cc1. The highest BCUT2D eigenvalue weighted by atomic mass is 32.2. The van der Waals surface area contributed by atoms with Crippen LogP contribution in [0.15, 0.2) is 64.7 Å². The number of para-hydroxylation sites is 1. The summed E-state index contributed by atoms with van der Waals surface area (Å²) in [7, 11) is -2.61. The molecular formula is C21H21N3O3S. The molecule has 0 aliphatic carbocycles. The first kappa shape index (κ1) is 18.4. The van der Waals surface area contributed by atoms with Crippen LogP contribution in [0.3, 0.4) is 0 Å². The van der Waals surface area contributed by atoms with E-state index in [-0.39, 0.29) is 17.3 Å². The Morgan fingerprint density at radius 3 is 2.54 bits per heavy atom. The Morgan fingerprint density at radius 2 is 1.79 bits per heavy atom. The second-order valence-electron chi connectivity index (χ2n) is 7.01. The second-order valence-corrected chi connectivity index (χ2v) is 8.63. The summed E-state index contributed by atoms with van der Waals surface area (Å²) in [6.07, 6.45) is 3.31. The van der Waals surface area contributed by atoms with Gasteiger partial charge in [0, 0.05) is 24.8 Å². The molecule has 7 heteroatoms. The lowest BCUT2D eigenvalue weighted by Gasteiger charge is -2.32. The van der Waals surface area contributed by atoms with Crippen LogP contribution in [-0.4, -0.2) is 37.9 Å². The minimum Gasteiger partial charge on any atom is -0.307 e. The van der Waals surface area contributed by atoms with Crippen LogP contribution in [0.25, 0.3) is 0 Å². The molecule has 0 aromatic heterocycles. The van der Waals surface area contributed by atoms with Crippen LogP contribution in [0.5, 0.6) is 0 Å². The third-order valence-corrected chi connectivity index (χ3v) is 6.41. The van der Waals surface area contributed by atoms with Gasteiger partial charge in [-0.1, -0.05) is 48.0 Å². The lowest BCUT2D eigenvalue weighted by molar-refractivity contribution is -0.116. The molecule has 0 N–H and O–H groups in total. The normalized spacial score (nSPS) is 18.2. The van der Waals surface area contributed by atoms with Gasteiger partial charge in [0.15, 0.2) is 0 Å². The van der Waals surface area contributed by atoms with Gasteiger partial charge in [0.05, 0.1) is 5.71 Å². The fourth-order valence-electron chi connectivity index (χ4n) is 3.50. The van der Waals surface area contributed by atoms with Crippen LogP contribution >= 0.6 is 0 Å². The maximum absolute atomic E-state index is 13.3. The second kappa shape index (κ2) is 6.91. The molecule has 2 aromatic carbocycles. The standard InChI is InChI=1S/C21H21N3O3S/c1-15-9-11-16(12-10-15)18-14-20(23(2)28(26,27)22-18)21(25)24-13-5-7-17-6-3-4-8-19(17)24/h3-4,6,8-12,14H,5,7,13H2,1-2H3. The van der Waals surface area contributed by atoms with E-state index in [0.717, 1.165) is 34.0 Å². The molecule has 6 nitrogen and oxygen atoms in total. The Morgan fingerprint density at radius 1 is 1.07 bits per heavy atom. The number of carbonyl (C=O) groups is 1. The van der Waals surface area contributed by atoms with Crippen molar-refractivity contribution in [1.82, 2.24) is 4.31 Å². The predicted octanol–water partition coefficient (Wildman–Crippen LogP) is 2.84. The fraction of sp³-hybridized carbons (Fsp3) is 0.238. The number of hydrogen-bond donors (Lipinski definition) is 0. The van der Waals surface area contributed by atoms with E-state index in [0.29, 0.717) is 12.1 Å². The molecule has 144 valence electrons. The minimum absolute atomic E-state index is 0.0993. The van der Waals surface area contributed by atoms with E-state index in [2.05, 4.69) is 4.40 Å². The molecule has 4 rings (SSSR count). The number of fused-ring (bicyclic) bond motifs is 1. The smallest absolute Gasteiger partial charge is 0.307 e. The van der Waals surface area contributed by atoms with Crippen molar-refractivity contribution in [1.29, 1.82) is 0 Å². The van der Waals surface area contributed by atoms with E-state index < -0.39 is 10.2 Å². The van der Waals surface area contributed by atoms with E-state index in [1.54, 1.807) is 11.0 Å². The van der Waals surface area contributed by atoms with Crippen LogP contribution < -0.4 is 4.90 Å². The number of likely N-dealkylation sites (N-methyl/N-ethyl adjacent to an activating group) is 1. The van der Waals surface area contributed by atoms with Crippen molar-refractivity contribution >= 4 is 27.5 Å². The Balaban J connectivity index is 1.77. The number of anilines is 1. The summed E-state index contributed by atoms with van der Waals surface area (Å²) in [4.78, 5) is 15.0. The van der Waals surface area contributed by atoms with E-state index in [4.69, 9.17) is 0 Å². The van der Waals surface area contributed by atoms with Crippen LogP contribution in [0, 0.1) is 6.92 Å². The van der Waals surface area contributed by atoms with Crippen molar-refractivity contribution in [2.45, 2.75) is 19.8 Å². The quantitative estimate of drug-likeness (QED) is 0.785. The molecule has 2 aliphatic rings. The van der Waals surface area contributed by atoms with Crippen molar-refractivity contribution in [3.63, 3.8) is 0 Å². The fourth-order valence-corrected chi connectivity index (χ4v) is 4.40. The van der Waals surface area contributed by atoms with Gasteiger partial charge in [0.25, 0.3) is 5.91 Å². The summed E-state index contributed by atoms with van der Waals surface area (Å²) in [5.41, 5.74) is 4.02. The van der Waals surface area contributed by atoms with Crippen molar-refractivity contribution in [3.8, 4) is 0 Å². The van der Waals surface area contributed by atoms with Gasteiger partial charge in [-0.25, -0.2) is 4.31 Å². The first-order valence-electron chi connectivity index (χ1n) is 9.14. The average molecular weight is 395 g/mol.